The van der Waals surface area contributed by atoms with E-state index in [9.17, 15) is 4.79 Å². The van der Waals surface area contributed by atoms with Gasteiger partial charge in [0.05, 0.1) is 6.33 Å². The Morgan fingerprint density at radius 1 is 1.45 bits per heavy atom. The maximum Gasteiger partial charge on any atom is 0.413 e. The van der Waals surface area contributed by atoms with Gasteiger partial charge in [-0.2, -0.15) is 0 Å². The van der Waals surface area contributed by atoms with Crippen molar-refractivity contribution in [3.8, 4) is 0 Å². The van der Waals surface area contributed by atoms with Crippen molar-refractivity contribution in [1.82, 2.24) is 19.5 Å². The van der Waals surface area contributed by atoms with E-state index in [0.29, 0.717) is 23.5 Å². The van der Waals surface area contributed by atoms with Gasteiger partial charge in [0.1, 0.15) is 17.4 Å². The van der Waals surface area contributed by atoms with E-state index in [1.54, 1.807) is 37.7 Å². The molecule has 2 rings (SSSR count). The third-order valence-corrected chi connectivity index (χ3v) is 2.35. The summed E-state index contributed by atoms with van der Waals surface area (Å²) < 4.78 is 7.01. The maximum absolute atomic E-state index is 11.8. The topological polar surface area (TPSA) is 81.9 Å². The van der Waals surface area contributed by atoms with Crippen molar-refractivity contribution in [2.75, 3.05) is 5.32 Å². The maximum atomic E-state index is 11.8. The van der Waals surface area contributed by atoms with E-state index in [4.69, 9.17) is 4.74 Å². The fraction of sp³-hybridized carbons (Fsp3) is 0.385. The van der Waals surface area contributed by atoms with Gasteiger partial charge in [0.25, 0.3) is 0 Å². The van der Waals surface area contributed by atoms with Crippen molar-refractivity contribution < 1.29 is 9.53 Å². The number of rotatable bonds is 3. The lowest BCUT2D eigenvalue weighted by molar-refractivity contribution is 0.0635. The number of nitrogens with one attached hydrogen (secondary N) is 1. The highest BCUT2D eigenvalue weighted by Gasteiger charge is 2.18. The summed E-state index contributed by atoms with van der Waals surface area (Å²) in [5.41, 5.74) is 0.573. The van der Waals surface area contributed by atoms with Gasteiger partial charge in [-0.05, 0) is 20.8 Å². The second kappa shape index (κ2) is 5.28. The Morgan fingerprint density at radius 2 is 2.20 bits per heavy atom. The van der Waals surface area contributed by atoms with Crippen LogP contribution in [0.5, 0.6) is 0 Å². The van der Waals surface area contributed by atoms with Crippen LogP contribution in [-0.2, 0) is 11.3 Å². The molecule has 106 valence electrons. The summed E-state index contributed by atoms with van der Waals surface area (Å²) in [6.45, 7) is 9.62. The molecule has 0 radical (unpaired) electrons. The second-order valence-electron chi connectivity index (χ2n) is 5.21. The van der Waals surface area contributed by atoms with Crippen molar-refractivity contribution in [3.63, 3.8) is 0 Å². The zero-order chi connectivity index (χ0) is 14.8. The lowest BCUT2D eigenvalue weighted by atomic mass is 10.2. The van der Waals surface area contributed by atoms with Gasteiger partial charge in [-0.15, -0.1) is 6.58 Å². The number of nitrogens with zero attached hydrogens (tertiary/aromatic N) is 4. The Bertz CT molecular complexity index is 642. The molecule has 7 nitrogen and oxygen atoms in total. The highest BCUT2D eigenvalue weighted by molar-refractivity contribution is 5.93. The van der Waals surface area contributed by atoms with Crippen LogP contribution in [-0.4, -0.2) is 31.2 Å². The summed E-state index contributed by atoms with van der Waals surface area (Å²) in [5.74, 6) is 0.364. The minimum Gasteiger partial charge on any atom is -0.444 e. The molecule has 0 aliphatic rings. The number of carbonyl (C=O) groups is 1. The molecule has 0 atom stereocenters. The molecular weight excluding hydrogens is 258 g/mol. The van der Waals surface area contributed by atoms with Crippen molar-refractivity contribution in [2.45, 2.75) is 32.9 Å². The number of imidazole rings is 1. The molecule has 0 aromatic carbocycles. The third kappa shape index (κ3) is 3.11. The Kier molecular flexibility index (Phi) is 3.69. The molecule has 1 amide bonds. The Morgan fingerprint density at radius 3 is 2.85 bits per heavy atom. The van der Waals surface area contributed by atoms with Gasteiger partial charge >= 0.3 is 6.09 Å². The van der Waals surface area contributed by atoms with Crippen LogP contribution in [0.1, 0.15) is 20.8 Å². The largest absolute Gasteiger partial charge is 0.444 e. The van der Waals surface area contributed by atoms with Crippen LogP contribution < -0.4 is 5.32 Å². The van der Waals surface area contributed by atoms with E-state index in [0.717, 1.165) is 0 Å². The molecule has 2 aromatic heterocycles. The number of hydrogen-bond acceptors (Lipinski definition) is 5. The van der Waals surface area contributed by atoms with E-state index in [2.05, 4.69) is 26.8 Å². The summed E-state index contributed by atoms with van der Waals surface area (Å²) in [5, 5.41) is 2.62. The van der Waals surface area contributed by atoms with Crippen LogP contribution >= 0.6 is 0 Å². The molecule has 1 N–H and O–H groups in total. The van der Waals surface area contributed by atoms with Crippen molar-refractivity contribution in [2.24, 2.45) is 0 Å². The lowest BCUT2D eigenvalue weighted by Crippen LogP contribution is -2.27. The normalized spacial score (nSPS) is 11.3. The van der Waals surface area contributed by atoms with Gasteiger partial charge in [0.15, 0.2) is 11.5 Å². The zero-order valence-electron chi connectivity index (χ0n) is 11.8. The minimum atomic E-state index is -0.572. The smallest absolute Gasteiger partial charge is 0.413 e. The summed E-state index contributed by atoms with van der Waals surface area (Å²) >= 11 is 0. The number of fused-ring (bicyclic) bond motifs is 1. The molecule has 0 saturated heterocycles. The van der Waals surface area contributed by atoms with E-state index in [1.165, 1.54) is 6.33 Å². The number of ether oxygens (including phenoxy) is 1. The summed E-state index contributed by atoms with van der Waals surface area (Å²) in [6.07, 6.45) is 4.14. The molecule has 0 fully saturated rings. The molecule has 0 unspecified atom stereocenters. The van der Waals surface area contributed by atoms with Crippen LogP contribution in [0, 0.1) is 0 Å². The fourth-order valence-electron chi connectivity index (χ4n) is 1.68. The van der Waals surface area contributed by atoms with Gasteiger partial charge in [-0.3, -0.25) is 5.32 Å². The van der Waals surface area contributed by atoms with Crippen LogP contribution in [0.4, 0.5) is 10.6 Å². The van der Waals surface area contributed by atoms with Gasteiger partial charge in [0.2, 0.25) is 0 Å². The number of anilines is 1. The number of carbonyl (C=O) groups excluding carboxylic acids is 1. The summed E-state index contributed by atoms with van der Waals surface area (Å²) in [6, 6.07) is 0. The first-order valence-corrected chi connectivity index (χ1v) is 6.17. The first-order chi connectivity index (χ1) is 9.40. The standard InChI is InChI=1S/C13H17N5O2/c1-5-6-18-8-16-10-9(18)11(15-7-14-10)17-12(19)20-13(2,3)4/h5,7-8H,1,6H2,2-4H3,(H,14,15,17,19). The predicted molar refractivity (Wildman–Crippen MR) is 75.4 cm³/mol. The van der Waals surface area contributed by atoms with Crippen LogP contribution in [0.15, 0.2) is 25.3 Å². The van der Waals surface area contributed by atoms with E-state index < -0.39 is 11.7 Å². The van der Waals surface area contributed by atoms with Crippen LogP contribution in [0.25, 0.3) is 11.2 Å². The quantitative estimate of drug-likeness (QED) is 0.869. The highest BCUT2D eigenvalue weighted by atomic mass is 16.6. The molecule has 2 heterocycles. The Hall–Kier alpha value is -2.44. The summed E-state index contributed by atoms with van der Waals surface area (Å²) in [4.78, 5) is 24.1. The third-order valence-electron chi connectivity index (χ3n) is 2.35. The van der Waals surface area contributed by atoms with Gasteiger partial charge in [-0.25, -0.2) is 19.7 Å². The fourth-order valence-corrected chi connectivity index (χ4v) is 1.68. The van der Waals surface area contributed by atoms with Crippen LogP contribution in [0.3, 0.4) is 0 Å². The van der Waals surface area contributed by atoms with E-state index in [1.807, 2.05) is 0 Å². The predicted octanol–water partition coefficient (Wildman–Crippen LogP) is 2.36. The zero-order valence-corrected chi connectivity index (χ0v) is 11.8. The monoisotopic (exact) mass is 275 g/mol. The number of amides is 1. The number of allylic oxidation sites excluding steroid dienone is 1. The van der Waals surface area contributed by atoms with Gasteiger partial charge < -0.3 is 9.30 Å². The first kappa shape index (κ1) is 14.0. The van der Waals surface area contributed by atoms with Gasteiger partial charge in [0, 0.05) is 6.54 Å². The molecule has 7 heteroatoms. The average Bonchev–Trinajstić information content (AvgIpc) is 2.71. The SMILES string of the molecule is C=CCn1cnc2ncnc(NC(=O)OC(C)(C)C)c21. The molecule has 0 aliphatic heterocycles. The minimum absolute atomic E-state index is 0.364. The van der Waals surface area contributed by atoms with E-state index in [-0.39, 0.29) is 0 Å². The van der Waals surface area contributed by atoms with Crippen molar-refractivity contribution >= 4 is 23.1 Å². The Balaban J connectivity index is 2.32. The molecule has 0 aliphatic carbocycles. The van der Waals surface area contributed by atoms with E-state index >= 15 is 0 Å². The molecule has 0 saturated carbocycles. The van der Waals surface area contributed by atoms with Gasteiger partial charge in [-0.1, -0.05) is 6.08 Å². The highest BCUT2D eigenvalue weighted by Crippen LogP contribution is 2.19. The lowest BCUT2D eigenvalue weighted by Gasteiger charge is -2.19. The number of hydrogen-bond donors (Lipinski definition) is 1. The molecule has 2 aromatic rings. The molecule has 0 spiro atoms. The summed E-state index contributed by atoms with van der Waals surface area (Å²) in [7, 11) is 0. The average molecular weight is 275 g/mol. The molecule has 20 heavy (non-hydrogen) atoms. The Labute approximate surface area is 116 Å². The number of aromatic nitrogens is 4. The molecule has 0 bridgehead atoms. The first-order valence-electron chi connectivity index (χ1n) is 6.17. The van der Waals surface area contributed by atoms with Crippen LogP contribution in [0.2, 0.25) is 0 Å². The molecular formula is C13H17N5O2. The van der Waals surface area contributed by atoms with Crippen molar-refractivity contribution in [3.05, 3.63) is 25.3 Å². The van der Waals surface area contributed by atoms with Crippen molar-refractivity contribution in [1.29, 1.82) is 0 Å². The second-order valence-corrected chi connectivity index (χ2v) is 5.21.